The summed E-state index contributed by atoms with van der Waals surface area (Å²) in [7, 11) is 0. The van der Waals surface area contributed by atoms with Crippen LogP contribution in [-0.4, -0.2) is 23.7 Å². The molecular weight excluding hydrogens is 460 g/mol. The fourth-order valence-electron chi connectivity index (χ4n) is 4.01. The van der Waals surface area contributed by atoms with Gasteiger partial charge in [-0.15, -0.1) is 0 Å². The summed E-state index contributed by atoms with van der Waals surface area (Å²) in [6.07, 6.45) is 9.08. The van der Waals surface area contributed by atoms with Crippen molar-refractivity contribution in [3.05, 3.63) is 28.2 Å². The monoisotopic (exact) mass is 496 g/mol. The maximum Gasteiger partial charge on any atom is 0.261 e. The van der Waals surface area contributed by atoms with Gasteiger partial charge in [0, 0.05) is 10.5 Å². The van der Waals surface area contributed by atoms with Crippen LogP contribution in [-0.2, 0) is 0 Å². The number of unbranched alkanes of at least 4 members (excludes halogenated alkanes) is 3. The van der Waals surface area contributed by atoms with Crippen LogP contribution in [0.3, 0.4) is 0 Å². The molecule has 1 aliphatic rings. The van der Waals surface area contributed by atoms with E-state index < -0.39 is 0 Å². The van der Waals surface area contributed by atoms with E-state index in [-0.39, 0.29) is 5.91 Å². The molecule has 0 aromatic heterocycles. The quantitative estimate of drug-likeness (QED) is 0.313. The van der Waals surface area contributed by atoms with Crippen LogP contribution in [0.25, 0.3) is 0 Å². The van der Waals surface area contributed by atoms with Gasteiger partial charge in [-0.1, -0.05) is 62.9 Å². The summed E-state index contributed by atoms with van der Waals surface area (Å²) in [5.41, 5.74) is 0.855. The average Bonchev–Trinajstić information content (AvgIpc) is 2.68. The van der Waals surface area contributed by atoms with Gasteiger partial charge in [0.25, 0.3) is 5.91 Å². The molecule has 30 heavy (non-hydrogen) atoms. The second-order valence-corrected chi connectivity index (χ2v) is 10.7. The van der Waals surface area contributed by atoms with Crippen molar-refractivity contribution in [2.24, 2.45) is 11.3 Å². The highest BCUT2D eigenvalue weighted by Crippen LogP contribution is 2.37. The summed E-state index contributed by atoms with van der Waals surface area (Å²) >= 11 is 8.88. The van der Waals surface area contributed by atoms with Crippen LogP contribution in [0.4, 0.5) is 0 Å². The Hall–Kier alpha value is -1.14. The molecule has 4 nitrogen and oxygen atoms in total. The molecule has 2 rings (SSSR count). The molecule has 0 spiro atoms. The molecule has 1 fully saturated rings. The Morgan fingerprint density at radius 1 is 1.17 bits per heavy atom. The van der Waals surface area contributed by atoms with E-state index in [4.69, 9.17) is 17.0 Å². The van der Waals surface area contributed by atoms with Crippen molar-refractivity contribution in [2.75, 3.05) is 6.61 Å². The Kier molecular flexibility index (Phi) is 10.1. The zero-order valence-electron chi connectivity index (χ0n) is 18.9. The van der Waals surface area contributed by atoms with Crippen molar-refractivity contribution in [1.82, 2.24) is 10.6 Å². The Balaban J connectivity index is 1.87. The number of hydrogen-bond acceptors (Lipinski definition) is 3. The van der Waals surface area contributed by atoms with Gasteiger partial charge in [0.05, 0.1) is 12.2 Å². The third-order valence-corrected chi connectivity index (χ3v) is 6.67. The van der Waals surface area contributed by atoms with Crippen molar-refractivity contribution in [1.29, 1.82) is 0 Å². The number of thiocarbonyl (C=S) groups is 1. The van der Waals surface area contributed by atoms with Crippen LogP contribution < -0.4 is 15.4 Å². The number of rotatable bonds is 8. The zero-order valence-corrected chi connectivity index (χ0v) is 21.3. The van der Waals surface area contributed by atoms with Crippen molar-refractivity contribution in [3.63, 3.8) is 0 Å². The van der Waals surface area contributed by atoms with Gasteiger partial charge >= 0.3 is 0 Å². The standard InChI is InChI=1S/C24H37BrN2O2S/c1-5-6-7-8-15-29-21-14-11-18(25)16-20(21)22(28)27-23(30)26-19-12-9-17(10-13-19)24(2,3)4/h11,14,16-17,19H,5-10,12-13,15H2,1-4H3,(H2,26,27,28,30). The van der Waals surface area contributed by atoms with Crippen molar-refractivity contribution < 1.29 is 9.53 Å². The molecule has 0 unspecified atom stereocenters. The van der Waals surface area contributed by atoms with Crippen LogP contribution in [0, 0.1) is 11.3 Å². The van der Waals surface area contributed by atoms with Gasteiger partial charge in [-0.2, -0.15) is 0 Å². The van der Waals surface area contributed by atoms with Crippen molar-refractivity contribution in [2.45, 2.75) is 85.1 Å². The summed E-state index contributed by atoms with van der Waals surface area (Å²) in [5, 5.41) is 6.58. The lowest BCUT2D eigenvalue weighted by atomic mass is 9.71. The first kappa shape index (κ1) is 25.1. The molecule has 0 aliphatic heterocycles. The van der Waals surface area contributed by atoms with Crippen LogP contribution >= 0.6 is 28.1 Å². The smallest absolute Gasteiger partial charge is 0.261 e. The predicted molar refractivity (Wildman–Crippen MR) is 132 cm³/mol. The van der Waals surface area contributed by atoms with Gasteiger partial charge < -0.3 is 10.1 Å². The van der Waals surface area contributed by atoms with E-state index in [1.54, 1.807) is 6.07 Å². The SMILES string of the molecule is CCCCCCOc1ccc(Br)cc1C(=O)NC(=S)NC1CCC(C(C)(C)C)CC1. The number of halogens is 1. The minimum atomic E-state index is -0.235. The predicted octanol–water partition coefficient (Wildman–Crippen LogP) is 6.62. The van der Waals surface area contributed by atoms with Gasteiger partial charge in [0.1, 0.15) is 5.75 Å². The van der Waals surface area contributed by atoms with Crippen molar-refractivity contribution >= 4 is 39.2 Å². The first-order valence-corrected chi connectivity index (χ1v) is 12.4. The van der Waals surface area contributed by atoms with E-state index in [0.29, 0.717) is 34.5 Å². The fourth-order valence-corrected chi connectivity index (χ4v) is 4.63. The first-order chi connectivity index (χ1) is 14.2. The molecule has 1 amide bonds. The average molecular weight is 498 g/mol. The molecule has 1 aromatic rings. The van der Waals surface area contributed by atoms with E-state index in [1.165, 1.54) is 25.7 Å². The van der Waals surface area contributed by atoms with Gasteiger partial charge in [0.15, 0.2) is 5.11 Å². The van der Waals surface area contributed by atoms with Gasteiger partial charge in [-0.3, -0.25) is 10.1 Å². The Morgan fingerprint density at radius 2 is 1.87 bits per heavy atom. The Morgan fingerprint density at radius 3 is 2.50 bits per heavy atom. The zero-order chi connectivity index (χ0) is 22.1. The summed E-state index contributed by atoms with van der Waals surface area (Å²) in [6.45, 7) is 9.75. The topological polar surface area (TPSA) is 50.4 Å². The molecule has 0 radical (unpaired) electrons. The molecule has 0 saturated heterocycles. The summed E-state index contributed by atoms with van der Waals surface area (Å²) in [5.74, 6) is 1.11. The van der Waals surface area contributed by atoms with Gasteiger partial charge in [0.2, 0.25) is 0 Å². The Bertz CT molecular complexity index is 710. The maximum atomic E-state index is 12.8. The highest BCUT2D eigenvalue weighted by molar-refractivity contribution is 9.10. The minimum absolute atomic E-state index is 0.235. The number of ether oxygens (including phenoxy) is 1. The molecular formula is C24H37BrN2O2S. The summed E-state index contributed by atoms with van der Waals surface area (Å²) in [6, 6.07) is 5.84. The normalized spacial score (nSPS) is 19.2. The number of nitrogens with one attached hydrogen (secondary N) is 2. The number of carbonyl (C=O) groups is 1. The maximum absolute atomic E-state index is 12.8. The third-order valence-electron chi connectivity index (χ3n) is 5.96. The number of carbonyl (C=O) groups excluding carboxylic acids is 1. The van der Waals surface area contributed by atoms with Crippen LogP contribution in [0.15, 0.2) is 22.7 Å². The van der Waals surface area contributed by atoms with Crippen molar-refractivity contribution in [3.8, 4) is 5.75 Å². The molecule has 0 bridgehead atoms. The van der Waals surface area contributed by atoms with Crippen LogP contribution in [0.1, 0.15) is 89.4 Å². The summed E-state index contributed by atoms with van der Waals surface area (Å²) < 4.78 is 6.73. The second-order valence-electron chi connectivity index (χ2n) is 9.39. The van der Waals surface area contributed by atoms with Crippen LogP contribution in [0.5, 0.6) is 5.75 Å². The molecule has 1 aromatic carbocycles. The lowest BCUT2D eigenvalue weighted by Gasteiger charge is -2.37. The molecule has 2 N–H and O–H groups in total. The molecule has 0 atom stereocenters. The van der Waals surface area contributed by atoms with E-state index >= 15 is 0 Å². The number of benzene rings is 1. The lowest BCUT2D eigenvalue weighted by molar-refractivity contribution is 0.0972. The minimum Gasteiger partial charge on any atom is -0.493 e. The molecule has 1 saturated carbocycles. The van der Waals surface area contributed by atoms with E-state index in [1.807, 2.05) is 12.1 Å². The highest BCUT2D eigenvalue weighted by Gasteiger charge is 2.30. The number of amides is 1. The van der Waals surface area contributed by atoms with Gasteiger partial charge in [-0.05, 0) is 73.9 Å². The third kappa shape index (κ3) is 8.18. The Labute approximate surface area is 196 Å². The lowest BCUT2D eigenvalue weighted by Crippen LogP contribution is -2.46. The van der Waals surface area contributed by atoms with E-state index in [9.17, 15) is 4.79 Å². The van der Waals surface area contributed by atoms with Gasteiger partial charge in [-0.25, -0.2) is 0 Å². The molecule has 168 valence electrons. The molecule has 1 aliphatic carbocycles. The molecule has 6 heteroatoms. The highest BCUT2D eigenvalue weighted by atomic mass is 79.9. The second kappa shape index (κ2) is 12.0. The first-order valence-electron chi connectivity index (χ1n) is 11.2. The molecule has 0 heterocycles. The summed E-state index contributed by atoms with van der Waals surface area (Å²) in [4.78, 5) is 12.8. The van der Waals surface area contributed by atoms with E-state index in [2.05, 4.69) is 54.3 Å². The van der Waals surface area contributed by atoms with E-state index in [0.717, 1.165) is 36.1 Å². The fraction of sp³-hybridized carbons (Fsp3) is 0.667. The van der Waals surface area contributed by atoms with Crippen LogP contribution in [0.2, 0.25) is 0 Å². The largest absolute Gasteiger partial charge is 0.493 e. The number of hydrogen-bond donors (Lipinski definition) is 2.